The zero-order valence-corrected chi connectivity index (χ0v) is 11.2. The minimum atomic E-state index is -0.311. The number of nitrogens with two attached hydrogens (primary N) is 1. The van der Waals surface area contributed by atoms with Crippen LogP contribution in [-0.4, -0.2) is 29.9 Å². The fraction of sp³-hybridized carbons (Fsp3) is 0.929. The molecule has 1 aliphatic heterocycles. The van der Waals surface area contributed by atoms with Crippen LogP contribution in [0.15, 0.2) is 0 Å². The number of carbonyl (C=O) groups excluding carboxylic acids is 1. The zero-order valence-electron chi connectivity index (χ0n) is 11.2. The summed E-state index contributed by atoms with van der Waals surface area (Å²) in [6.45, 7) is 5.94. The van der Waals surface area contributed by atoms with Gasteiger partial charge in [-0.25, -0.2) is 0 Å². The maximum absolute atomic E-state index is 12.2. The number of hydrogen-bond acceptors (Lipinski definition) is 2. The second-order valence-electron chi connectivity index (χ2n) is 6.34. The van der Waals surface area contributed by atoms with Gasteiger partial charge in [0.25, 0.3) is 0 Å². The molecule has 1 saturated heterocycles. The molecule has 2 N–H and O–H groups in total. The lowest BCUT2D eigenvalue weighted by molar-refractivity contribution is -0.133. The van der Waals surface area contributed by atoms with E-state index in [0.29, 0.717) is 5.41 Å². The van der Waals surface area contributed by atoms with Crippen molar-refractivity contribution in [1.29, 1.82) is 0 Å². The Morgan fingerprint density at radius 2 is 1.82 bits per heavy atom. The lowest BCUT2D eigenvalue weighted by Gasteiger charge is -2.33. The van der Waals surface area contributed by atoms with Crippen molar-refractivity contribution in [3.8, 4) is 0 Å². The van der Waals surface area contributed by atoms with E-state index in [4.69, 9.17) is 5.73 Å². The van der Waals surface area contributed by atoms with Crippen LogP contribution in [0.25, 0.3) is 0 Å². The van der Waals surface area contributed by atoms with E-state index in [-0.39, 0.29) is 17.9 Å². The average Bonchev–Trinajstić information content (AvgIpc) is 2.72. The SMILES string of the molecule is CC(C)[C@@H](N)C(=O)N1CCC2(CCCCC2)C1. The Labute approximate surface area is 105 Å². The first-order chi connectivity index (χ1) is 8.04. The Morgan fingerprint density at radius 1 is 1.18 bits per heavy atom. The maximum atomic E-state index is 12.2. The Morgan fingerprint density at radius 3 is 2.41 bits per heavy atom. The number of hydrogen-bond donors (Lipinski definition) is 1. The number of carbonyl (C=O) groups is 1. The highest BCUT2D eigenvalue weighted by atomic mass is 16.2. The van der Waals surface area contributed by atoms with Crippen molar-refractivity contribution in [2.75, 3.05) is 13.1 Å². The summed E-state index contributed by atoms with van der Waals surface area (Å²) in [5.41, 5.74) is 6.42. The van der Waals surface area contributed by atoms with Gasteiger partial charge in [-0.1, -0.05) is 33.1 Å². The molecule has 1 atom stereocenters. The molecule has 1 heterocycles. The normalized spacial score (nSPS) is 25.5. The molecule has 0 bridgehead atoms. The first-order valence-corrected chi connectivity index (χ1v) is 7.08. The first-order valence-electron chi connectivity index (χ1n) is 7.08. The molecule has 0 aromatic rings. The van der Waals surface area contributed by atoms with Gasteiger partial charge in [0, 0.05) is 13.1 Å². The number of nitrogens with zero attached hydrogens (tertiary/aromatic N) is 1. The third-order valence-corrected chi connectivity index (χ3v) is 4.67. The summed E-state index contributed by atoms with van der Waals surface area (Å²) >= 11 is 0. The molecule has 1 aliphatic carbocycles. The minimum Gasteiger partial charge on any atom is -0.341 e. The summed E-state index contributed by atoms with van der Waals surface area (Å²) in [6, 6.07) is -0.311. The van der Waals surface area contributed by atoms with E-state index in [0.717, 1.165) is 13.1 Å². The number of rotatable bonds is 2. The lowest BCUT2D eigenvalue weighted by atomic mass is 9.73. The summed E-state index contributed by atoms with van der Waals surface area (Å²) < 4.78 is 0. The second kappa shape index (κ2) is 4.97. The van der Waals surface area contributed by atoms with E-state index in [9.17, 15) is 4.79 Å². The summed E-state index contributed by atoms with van der Waals surface area (Å²) in [7, 11) is 0. The molecule has 1 spiro atoms. The highest BCUT2D eigenvalue weighted by Crippen LogP contribution is 2.43. The summed E-state index contributed by atoms with van der Waals surface area (Å²) in [6.07, 6.45) is 7.89. The molecule has 2 aliphatic rings. The molecular weight excluding hydrogens is 212 g/mol. The van der Waals surface area contributed by atoms with Crippen LogP contribution in [0, 0.1) is 11.3 Å². The van der Waals surface area contributed by atoms with Gasteiger partial charge < -0.3 is 10.6 Å². The second-order valence-corrected chi connectivity index (χ2v) is 6.34. The molecule has 0 unspecified atom stereocenters. The zero-order chi connectivity index (χ0) is 12.5. The molecule has 0 aromatic heterocycles. The van der Waals surface area contributed by atoms with Crippen LogP contribution < -0.4 is 5.73 Å². The van der Waals surface area contributed by atoms with Gasteiger partial charge in [0.2, 0.25) is 5.91 Å². The largest absolute Gasteiger partial charge is 0.341 e. The topological polar surface area (TPSA) is 46.3 Å². The minimum absolute atomic E-state index is 0.169. The van der Waals surface area contributed by atoms with E-state index in [1.807, 2.05) is 18.7 Å². The molecule has 17 heavy (non-hydrogen) atoms. The van der Waals surface area contributed by atoms with Crippen LogP contribution >= 0.6 is 0 Å². The van der Waals surface area contributed by atoms with E-state index < -0.39 is 0 Å². The summed E-state index contributed by atoms with van der Waals surface area (Å²) in [5, 5.41) is 0. The van der Waals surface area contributed by atoms with Crippen LogP contribution in [0.3, 0.4) is 0 Å². The molecule has 3 heteroatoms. The van der Waals surface area contributed by atoms with Crippen LogP contribution in [-0.2, 0) is 4.79 Å². The molecule has 3 nitrogen and oxygen atoms in total. The van der Waals surface area contributed by atoms with Gasteiger partial charge in [-0.15, -0.1) is 0 Å². The third kappa shape index (κ3) is 2.65. The van der Waals surface area contributed by atoms with E-state index >= 15 is 0 Å². The van der Waals surface area contributed by atoms with Gasteiger partial charge >= 0.3 is 0 Å². The summed E-state index contributed by atoms with van der Waals surface area (Å²) in [4.78, 5) is 14.2. The smallest absolute Gasteiger partial charge is 0.239 e. The molecule has 98 valence electrons. The van der Waals surface area contributed by atoms with Gasteiger partial charge in [-0.2, -0.15) is 0 Å². The predicted octanol–water partition coefficient (Wildman–Crippen LogP) is 2.15. The fourth-order valence-electron chi connectivity index (χ4n) is 3.33. The molecule has 0 aromatic carbocycles. The average molecular weight is 238 g/mol. The highest BCUT2D eigenvalue weighted by molar-refractivity contribution is 5.82. The maximum Gasteiger partial charge on any atom is 0.239 e. The van der Waals surface area contributed by atoms with Crippen molar-refractivity contribution in [2.24, 2.45) is 17.1 Å². The molecule has 1 amide bonds. The quantitative estimate of drug-likeness (QED) is 0.801. The van der Waals surface area contributed by atoms with E-state index in [1.165, 1.54) is 38.5 Å². The van der Waals surface area contributed by atoms with Gasteiger partial charge in [0.15, 0.2) is 0 Å². The van der Waals surface area contributed by atoms with Crippen LogP contribution in [0.2, 0.25) is 0 Å². The van der Waals surface area contributed by atoms with E-state index in [1.54, 1.807) is 0 Å². The van der Waals surface area contributed by atoms with Crippen molar-refractivity contribution >= 4 is 5.91 Å². The van der Waals surface area contributed by atoms with Gasteiger partial charge in [0.05, 0.1) is 6.04 Å². The van der Waals surface area contributed by atoms with Crippen LogP contribution in [0.4, 0.5) is 0 Å². The van der Waals surface area contributed by atoms with Gasteiger partial charge in [-0.3, -0.25) is 4.79 Å². The van der Waals surface area contributed by atoms with Crippen LogP contribution in [0.5, 0.6) is 0 Å². The number of likely N-dealkylation sites (tertiary alicyclic amines) is 1. The molecule has 0 radical (unpaired) electrons. The highest BCUT2D eigenvalue weighted by Gasteiger charge is 2.41. The molecular formula is C14H26N2O. The van der Waals surface area contributed by atoms with Gasteiger partial charge in [0.1, 0.15) is 0 Å². The first kappa shape index (κ1) is 12.9. The fourth-order valence-corrected chi connectivity index (χ4v) is 3.33. The standard InChI is InChI=1S/C14H26N2O/c1-11(2)12(15)13(17)16-9-8-14(10-16)6-4-3-5-7-14/h11-12H,3-10,15H2,1-2H3/t12-/m1/s1. The van der Waals surface area contributed by atoms with Crippen molar-refractivity contribution in [3.05, 3.63) is 0 Å². The Hall–Kier alpha value is -0.570. The monoisotopic (exact) mass is 238 g/mol. The van der Waals surface area contributed by atoms with Crippen molar-refractivity contribution in [3.63, 3.8) is 0 Å². The van der Waals surface area contributed by atoms with Crippen LogP contribution in [0.1, 0.15) is 52.4 Å². The molecule has 1 saturated carbocycles. The lowest BCUT2D eigenvalue weighted by Crippen LogP contribution is -2.46. The predicted molar refractivity (Wildman–Crippen MR) is 69.5 cm³/mol. The van der Waals surface area contributed by atoms with Crippen molar-refractivity contribution < 1.29 is 4.79 Å². The third-order valence-electron chi connectivity index (χ3n) is 4.67. The van der Waals surface area contributed by atoms with Crippen molar-refractivity contribution in [2.45, 2.75) is 58.4 Å². The van der Waals surface area contributed by atoms with Gasteiger partial charge in [-0.05, 0) is 30.6 Å². The molecule has 2 rings (SSSR count). The Bertz CT molecular complexity index is 282. The number of amides is 1. The molecule has 2 fully saturated rings. The van der Waals surface area contributed by atoms with Crippen molar-refractivity contribution in [1.82, 2.24) is 4.90 Å². The van der Waals surface area contributed by atoms with E-state index in [2.05, 4.69) is 0 Å². The summed E-state index contributed by atoms with van der Waals surface area (Å²) in [5.74, 6) is 0.410. The Balaban J connectivity index is 1.95. The Kier molecular flexibility index (Phi) is 3.76.